The van der Waals surface area contributed by atoms with E-state index in [0.717, 1.165) is 12.1 Å². The van der Waals surface area contributed by atoms with E-state index in [4.69, 9.17) is 17.3 Å². The second-order valence-electron chi connectivity index (χ2n) is 4.52. The molecule has 0 amide bonds. The van der Waals surface area contributed by atoms with Gasteiger partial charge in [0.2, 0.25) is 0 Å². The summed E-state index contributed by atoms with van der Waals surface area (Å²) in [6, 6.07) is 6.32. The Balaban J connectivity index is 2.33. The fourth-order valence-corrected chi connectivity index (χ4v) is 2.42. The van der Waals surface area contributed by atoms with Gasteiger partial charge in [-0.05, 0) is 31.2 Å². The van der Waals surface area contributed by atoms with E-state index in [0.29, 0.717) is 22.7 Å². The summed E-state index contributed by atoms with van der Waals surface area (Å²) in [7, 11) is 0. The summed E-state index contributed by atoms with van der Waals surface area (Å²) in [6.07, 6.45) is 3.77. The first-order valence-electron chi connectivity index (χ1n) is 6.49. The van der Waals surface area contributed by atoms with Gasteiger partial charge in [-0.2, -0.15) is 0 Å². The van der Waals surface area contributed by atoms with Crippen LogP contribution in [-0.4, -0.2) is 11.5 Å². The van der Waals surface area contributed by atoms with Crippen LogP contribution in [0.2, 0.25) is 5.02 Å². The van der Waals surface area contributed by atoms with Crippen LogP contribution in [-0.2, 0) is 6.42 Å². The monoisotopic (exact) mass is 293 g/mol. The number of rotatable bonds is 5. The topological polar surface area (TPSA) is 50.9 Å². The van der Waals surface area contributed by atoms with Crippen molar-refractivity contribution in [1.82, 2.24) is 10.3 Å². The van der Waals surface area contributed by atoms with Crippen molar-refractivity contribution in [3.63, 3.8) is 0 Å². The van der Waals surface area contributed by atoms with Gasteiger partial charge in [-0.3, -0.25) is 4.98 Å². The summed E-state index contributed by atoms with van der Waals surface area (Å²) in [6.45, 7) is 2.73. The Morgan fingerprint density at radius 1 is 1.40 bits per heavy atom. The van der Waals surface area contributed by atoms with Crippen LogP contribution in [0.15, 0.2) is 36.7 Å². The van der Waals surface area contributed by atoms with Gasteiger partial charge in [0.05, 0.1) is 0 Å². The number of halogens is 2. The first-order chi connectivity index (χ1) is 9.63. The van der Waals surface area contributed by atoms with Gasteiger partial charge >= 0.3 is 0 Å². The normalized spacial score (nSPS) is 12.3. The fraction of sp³-hybridized carbons (Fsp3) is 0.267. The highest BCUT2D eigenvalue weighted by Gasteiger charge is 2.18. The largest absolute Gasteiger partial charge is 0.398 e. The van der Waals surface area contributed by atoms with Gasteiger partial charge in [-0.15, -0.1) is 0 Å². The number of anilines is 1. The number of hydrogen-bond acceptors (Lipinski definition) is 3. The second kappa shape index (κ2) is 6.68. The van der Waals surface area contributed by atoms with Gasteiger partial charge in [0.25, 0.3) is 0 Å². The quantitative estimate of drug-likeness (QED) is 0.889. The minimum atomic E-state index is -0.303. The van der Waals surface area contributed by atoms with E-state index in [-0.39, 0.29) is 11.9 Å². The van der Waals surface area contributed by atoms with Crippen molar-refractivity contribution in [3.8, 4) is 0 Å². The Labute approximate surface area is 123 Å². The van der Waals surface area contributed by atoms with Gasteiger partial charge in [0, 0.05) is 40.3 Å². The Bertz CT molecular complexity index is 569. The molecule has 1 heterocycles. The second-order valence-corrected chi connectivity index (χ2v) is 4.93. The molecule has 0 saturated heterocycles. The van der Waals surface area contributed by atoms with E-state index in [9.17, 15) is 4.39 Å². The minimum absolute atomic E-state index is 0.122. The zero-order chi connectivity index (χ0) is 14.5. The van der Waals surface area contributed by atoms with E-state index in [1.807, 2.05) is 6.92 Å². The molecule has 0 aliphatic rings. The summed E-state index contributed by atoms with van der Waals surface area (Å²) in [4.78, 5) is 4.09. The summed E-state index contributed by atoms with van der Waals surface area (Å²) >= 11 is 6.09. The molecule has 5 heteroatoms. The van der Waals surface area contributed by atoms with Crippen LogP contribution < -0.4 is 11.1 Å². The molecule has 0 bridgehead atoms. The molecular weight excluding hydrogens is 277 g/mol. The van der Waals surface area contributed by atoms with Crippen molar-refractivity contribution in [2.45, 2.75) is 19.4 Å². The van der Waals surface area contributed by atoms with Crippen LogP contribution in [0.1, 0.15) is 24.1 Å². The Hall–Kier alpha value is -1.65. The molecule has 20 heavy (non-hydrogen) atoms. The van der Waals surface area contributed by atoms with Crippen LogP contribution in [0, 0.1) is 5.82 Å². The average molecular weight is 294 g/mol. The van der Waals surface area contributed by atoms with Crippen LogP contribution in [0.4, 0.5) is 10.1 Å². The molecule has 2 aromatic rings. The number of nitrogens with zero attached hydrogens (tertiary/aromatic N) is 1. The molecule has 1 atom stereocenters. The lowest BCUT2D eigenvalue weighted by molar-refractivity contribution is 0.528. The van der Waals surface area contributed by atoms with E-state index in [1.165, 1.54) is 6.07 Å². The summed E-state index contributed by atoms with van der Waals surface area (Å²) in [5, 5.41) is 3.72. The molecule has 3 nitrogen and oxygen atoms in total. The number of benzene rings is 1. The summed E-state index contributed by atoms with van der Waals surface area (Å²) < 4.78 is 13.9. The number of pyridine rings is 1. The molecule has 0 aliphatic carbocycles. The highest BCUT2D eigenvalue weighted by atomic mass is 35.5. The predicted octanol–water partition coefficient (Wildman–Crippen LogP) is 3.35. The highest BCUT2D eigenvalue weighted by Crippen LogP contribution is 2.27. The summed E-state index contributed by atoms with van der Waals surface area (Å²) in [5.74, 6) is -0.303. The molecule has 0 radical (unpaired) electrons. The third kappa shape index (κ3) is 3.26. The van der Waals surface area contributed by atoms with E-state index >= 15 is 0 Å². The van der Waals surface area contributed by atoms with Gasteiger partial charge in [0.15, 0.2) is 0 Å². The average Bonchev–Trinajstić information content (AvgIpc) is 2.43. The zero-order valence-corrected chi connectivity index (χ0v) is 12.0. The number of likely N-dealkylation sites (N-methyl/N-ethyl adjacent to an activating group) is 1. The fourth-order valence-electron chi connectivity index (χ4n) is 2.18. The summed E-state index contributed by atoms with van der Waals surface area (Å²) in [5.41, 5.74) is 7.96. The molecule has 2 rings (SSSR count). The van der Waals surface area contributed by atoms with Crippen molar-refractivity contribution in [2.24, 2.45) is 0 Å². The molecular formula is C15H17ClFN3. The van der Waals surface area contributed by atoms with Crippen LogP contribution in [0.25, 0.3) is 0 Å². The third-order valence-corrected chi connectivity index (χ3v) is 3.54. The Kier molecular flexibility index (Phi) is 4.93. The molecule has 1 aromatic heterocycles. The molecule has 0 fully saturated rings. The van der Waals surface area contributed by atoms with Crippen molar-refractivity contribution in [1.29, 1.82) is 0 Å². The standard InChI is InChI=1S/C15H17ClFN3/c1-2-20-15(11-9-19-7-6-14(11)18)8-10-12(16)4-3-5-13(10)17/h3-7,9,15,20H,2,8H2,1H3,(H2,18,19). The van der Waals surface area contributed by atoms with E-state index < -0.39 is 0 Å². The van der Waals surface area contributed by atoms with E-state index in [2.05, 4.69) is 10.3 Å². The zero-order valence-electron chi connectivity index (χ0n) is 11.2. The van der Waals surface area contributed by atoms with Gasteiger partial charge < -0.3 is 11.1 Å². The lowest BCUT2D eigenvalue weighted by Crippen LogP contribution is -2.24. The third-order valence-electron chi connectivity index (χ3n) is 3.18. The van der Waals surface area contributed by atoms with Crippen molar-refractivity contribution in [2.75, 3.05) is 12.3 Å². The first-order valence-corrected chi connectivity index (χ1v) is 6.87. The predicted molar refractivity (Wildman–Crippen MR) is 80.2 cm³/mol. The lowest BCUT2D eigenvalue weighted by atomic mass is 9.98. The lowest BCUT2D eigenvalue weighted by Gasteiger charge is -2.20. The SMILES string of the molecule is CCNC(Cc1c(F)cccc1Cl)c1cnccc1N. The minimum Gasteiger partial charge on any atom is -0.398 e. The molecule has 0 saturated carbocycles. The maximum Gasteiger partial charge on any atom is 0.127 e. The maximum atomic E-state index is 13.9. The highest BCUT2D eigenvalue weighted by molar-refractivity contribution is 6.31. The van der Waals surface area contributed by atoms with Gasteiger partial charge in [0.1, 0.15) is 5.82 Å². The van der Waals surface area contributed by atoms with Crippen molar-refractivity contribution < 1.29 is 4.39 Å². The smallest absolute Gasteiger partial charge is 0.127 e. The number of aromatic nitrogens is 1. The Morgan fingerprint density at radius 2 is 2.20 bits per heavy atom. The maximum absolute atomic E-state index is 13.9. The van der Waals surface area contributed by atoms with Crippen molar-refractivity contribution >= 4 is 17.3 Å². The first kappa shape index (κ1) is 14.8. The van der Waals surface area contributed by atoms with E-state index in [1.54, 1.807) is 30.6 Å². The molecule has 0 aliphatic heterocycles. The molecule has 106 valence electrons. The number of nitrogens with two attached hydrogens (primary N) is 1. The van der Waals surface area contributed by atoms with Crippen LogP contribution in [0.3, 0.4) is 0 Å². The number of hydrogen-bond donors (Lipinski definition) is 2. The molecule has 1 unspecified atom stereocenters. The number of nitrogens with one attached hydrogen (secondary N) is 1. The molecule has 0 spiro atoms. The molecule has 3 N–H and O–H groups in total. The molecule has 1 aromatic carbocycles. The van der Waals surface area contributed by atoms with Gasteiger partial charge in [-0.1, -0.05) is 24.6 Å². The van der Waals surface area contributed by atoms with Gasteiger partial charge in [-0.25, -0.2) is 4.39 Å². The van der Waals surface area contributed by atoms with Crippen LogP contribution >= 0.6 is 11.6 Å². The van der Waals surface area contributed by atoms with Crippen molar-refractivity contribution in [3.05, 3.63) is 58.6 Å². The Morgan fingerprint density at radius 3 is 2.85 bits per heavy atom. The number of nitrogen functional groups attached to an aromatic ring is 1. The van der Waals surface area contributed by atoms with Crippen LogP contribution in [0.5, 0.6) is 0 Å².